The van der Waals surface area contributed by atoms with Crippen molar-refractivity contribution in [2.75, 3.05) is 0 Å². The molecular formula is C20H17N3O4S. The van der Waals surface area contributed by atoms with Gasteiger partial charge in [0.15, 0.2) is 6.61 Å². The lowest BCUT2D eigenvalue weighted by atomic mass is 10.1. The minimum absolute atomic E-state index is 0.106. The summed E-state index contributed by atoms with van der Waals surface area (Å²) in [6, 6.07) is 11.4. The number of aromatic nitrogens is 3. The summed E-state index contributed by atoms with van der Waals surface area (Å²) in [6.07, 6.45) is 0. The molecule has 0 amide bonds. The second kappa shape index (κ2) is 7.40. The molecule has 0 aliphatic carbocycles. The van der Waals surface area contributed by atoms with E-state index in [0.29, 0.717) is 22.6 Å². The van der Waals surface area contributed by atoms with E-state index in [1.807, 2.05) is 50.2 Å². The molecule has 0 aliphatic rings. The first kappa shape index (κ1) is 18.1. The Morgan fingerprint density at radius 3 is 2.64 bits per heavy atom. The predicted molar refractivity (Wildman–Crippen MR) is 103 cm³/mol. The van der Waals surface area contributed by atoms with Crippen LogP contribution in [0.15, 0.2) is 45.3 Å². The third-order valence-corrected chi connectivity index (χ3v) is 5.14. The van der Waals surface area contributed by atoms with E-state index in [0.717, 1.165) is 15.3 Å². The van der Waals surface area contributed by atoms with Crippen LogP contribution < -0.4 is 0 Å². The molecule has 0 radical (unpaired) electrons. The second-order valence-electron chi connectivity index (χ2n) is 6.23. The standard InChI is InChI=1S/C20H17N3O4S/c1-11-9-15(13(3)28-11)20(24)25-10-16-21-22-19(26-16)17-12(2)27-23-18(17)14-7-5-4-6-8-14/h4-9H,10H2,1-3H3. The first-order chi connectivity index (χ1) is 13.5. The van der Waals surface area contributed by atoms with Gasteiger partial charge in [0.1, 0.15) is 17.0 Å². The van der Waals surface area contributed by atoms with E-state index in [2.05, 4.69) is 15.4 Å². The third-order valence-electron chi connectivity index (χ3n) is 4.18. The predicted octanol–water partition coefficient (Wildman–Crippen LogP) is 4.74. The number of ether oxygens (including phenoxy) is 1. The lowest BCUT2D eigenvalue weighted by molar-refractivity contribution is 0.0438. The van der Waals surface area contributed by atoms with Gasteiger partial charge < -0.3 is 13.7 Å². The van der Waals surface area contributed by atoms with E-state index < -0.39 is 5.97 Å². The second-order valence-corrected chi connectivity index (χ2v) is 7.69. The lowest BCUT2D eigenvalue weighted by Gasteiger charge is -2.01. The van der Waals surface area contributed by atoms with Crippen molar-refractivity contribution in [1.29, 1.82) is 0 Å². The van der Waals surface area contributed by atoms with Crippen LogP contribution >= 0.6 is 11.3 Å². The first-order valence-electron chi connectivity index (χ1n) is 8.61. The lowest BCUT2D eigenvalue weighted by Crippen LogP contribution is -2.05. The smallest absolute Gasteiger partial charge is 0.339 e. The number of nitrogens with zero attached hydrogens (tertiary/aromatic N) is 3. The molecule has 3 heterocycles. The number of rotatable bonds is 5. The van der Waals surface area contributed by atoms with Gasteiger partial charge >= 0.3 is 5.97 Å². The summed E-state index contributed by atoms with van der Waals surface area (Å²) in [5.41, 5.74) is 2.68. The average molecular weight is 395 g/mol. The number of thiophene rings is 1. The van der Waals surface area contributed by atoms with Crippen LogP contribution in [0.4, 0.5) is 0 Å². The average Bonchev–Trinajstić information content (AvgIpc) is 3.39. The molecule has 4 rings (SSSR count). The molecular weight excluding hydrogens is 378 g/mol. The Balaban J connectivity index is 1.53. The molecule has 0 unspecified atom stereocenters. The Morgan fingerprint density at radius 2 is 1.93 bits per heavy atom. The fourth-order valence-electron chi connectivity index (χ4n) is 2.87. The molecule has 4 aromatic rings. The van der Waals surface area contributed by atoms with E-state index >= 15 is 0 Å². The molecule has 1 aromatic carbocycles. The van der Waals surface area contributed by atoms with Gasteiger partial charge in [0.05, 0.1) is 5.56 Å². The van der Waals surface area contributed by atoms with Gasteiger partial charge in [-0.1, -0.05) is 35.5 Å². The van der Waals surface area contributed by atoms with Gasteiger partial charge in [-0.2, -0.15) is 0 Å². The molecule has 7 nitrogen and oxygen atoms in total. The zero-order valence-electron chi connectivity index (χ0n) is 15.6. The molecule has 0 spiro atoms. The zero-order valence-corrected chi connectivity index (χ0v) is 16.4. The third kappa shape index (κ3) is 3.46. The maximum atomic E-state index is 12.3. The maximum absolute atomic E-state index is 12.3. The molecule has 0 N–H and O–H groups in total. The topological polar surface area (TPSA) is 91.2 Å². The highest BCUT2D eigenvalue weighted by Crippen LogP contribution is 2.33. The number of hydrogen-bond acceptors (Lipinski definition) is 8. The van der Waals surface area contributed by atoms with Gasteiger partial charge in [-0.05, 0) is 26.8 Å². The maximum Gasteiger partial charge on any atom is 0.339 e. The molecule has 0 fully saturated rings. The van der Waals surface area contributed by atoms with Gasteiger partial charge in [-0.25, -0.2) is 4.79 Å². The van der Waals surface area contributed by atoms with Gasteiger partial charge in [-0.3, -0.25) is 0 Å². The van der Waals surface area contributed by atoms with E-state index in [-0.39, 0.29) is 18.4 Å². The van der Waals surface area contributed by atoms with Gasteiger partial charge in [-0.15, -0.1) is 21.5 Å². The Morgan fingerprint density at radius 1 is 1.14 bits per heavy atom. The summed E-state index contributed by atoms with van der Waals surface area (Å²) in [6.45, 7) is 5.51. The summed E-state index contributed by atoms with van der Waals surface area (Å²) in [5.74, 6) is 0.627. The number of esters is 1. The number of carbonyl (C=O) groups is 1. The van der Waals surface area contributed by atoms with Gasteiger partial charge in [0.25, 0.3) is 11.8 Å². The van der Waals surface area contributed by atoms with Crippen LogP contribution in [0.1, 0.15) is 31.8 Å². The van der Waals surface area contributed by atoms with E-state index in [9.17, 15) is 4.79 Å². The van der Waals surface area contributed by atoms with Gasteiger partial charge in [0.2, 0.25) is 0 Å². The van der Waals surface area contributed by atoms with E-state index in [1.54, 1.807) is 18.3 Å². The Hall–Kier alpha value is -3.26. The van der Waals surface area contributed by atoms with Crippen LogP contribution in [-0.4, -0.2) is 21.3 Å². The Kier molecular flexibility index (Phi) is 4.79. The molecule has 142 valence electrons. The van der Waals surface area contributed by atoms with Crippen molar-refractivity contribution in [2.45, 2.75) is 27.4 Å². The molecule has 0 saturated carbocycles. The van der Waals surface area contributed by atoms with Crippen LogP contribution in [0.2, 0.25) is 0 Å². The van der Waals surface area contributed by atoms with Crippen LogP contribution in [0.3, 0.4) is 0 Å². The number of hydrogen-bond donors (Lipinski definition) is 0. The summed E-state index contributed by atoms with van der Waals surface area (Å²) in [4.78, 5) is 14.2. The van der Waals surface area contributed by atoms with E-state index in [1.165, 1.54) is 0 Å². The molecule has 0 atom stereocenters. The summed E-state index contributed by atoms with van der Waals surface area (Å²) < 4.78 is 16.3. The van der Waals surface area contributed by atoms with E-state index in [4.69, 9.17) is 13.7 Å². The summed E-state index contributed by atoms with van der Waals surface area (Å²) >= 11 is 1.55. The van der Waals surface area contributed by atoms with Crippen LogP contribution in [0.25, 0.3) is 22.7 Å². The highest BCUT2D eigenvalue weighted by atomic mass is 32.1. The van der Waals surface area contributed by atoms with Gasteiger partial charge in [0, 0.05) is 15.3 Å². The minimum Gasteiger partial charge on any atom is -0.452 e. The van der Waals surface area contributed by atoms with Crippen molar-refractivity contribution < 1.29 is 18.5 Å². The van der Waals surface area contributed by atoms with Crippen molar-refractivity contribution in [3.8, 4) is 22.7 Å². The molecule has 0 aliphatic heterocycles. The fourth-order valence-corrected chi connectivity index (χ4v) is 3.78. The Bertz CT molecular complexity index is 1130. The molecule has 3 aromatic heterocycles. The molecule has 28 heavy (non-hydrogen) atoms. The minimum atomic E-state index is -0.410. The summed E-state index contributed by atoms with van der Waals surface area (Å²) in [5, 5.41) is 12.2. The fraction of sp³-hybridized carbons (Fsp3) is 0.200. The molecule has 0 saturated heterocycles. The number of carbonyl (C=O) groups excluding carboxylic acids is 1. The molecule has 0 bridgehead atoms. The van der Waals surface area contributed by atoms with Crippen molar-refractivity contribution in [3.63, 3.8) is 0 Å². The zero-order chi connectivity index (χ0) is 19.7. The normalized spacial score (nSPS) is 11.0. The van der Waals surface area contributed by atoms with Crippen LogP contribution in [-0.2, 0) is 11.3 Å². The monoisotopic (exact) mass is 395 g/mol. The SMILES string of the molecule is Cc1cc(C(=O)OCc2nnc(-c3c(-c4ccccc4)noc3C)o2)c(C)s1. The number of benzene rings is 1. The number of aryl methyl sites for hydroxylation is 3. The largest absolute Gasteiger partial charge is 0.452 e. The highest BCUT2D eigenvalue weighted by Gasteiger charge is 2.22. The van der Waals surface area contributed by atoms with Crippen molar-refractivity contribution >= 4 is 17.3 Å². The van der Waals surface area contributed by atoms with Crippen molar-refractivity contribution in [1.82, 2.24) is 15.4 Å². The van der Waals surface area contributed by atoms with Crippen molar-refractivity contribution in [3.05, 3.63) is 63.4 Å². The highest BCUT2D eigenvalue weighted by molar-refractivity contribution is 7.12. The first-order valence-corrected chi connectivity index (χ1v) is 9.43. The molecule has 8 heteroatoms. The van der Waals surface area contributed by atoms with Crippen molar-refractivity contribution in [2.24, 2.45) is 0 Å². The Labute approximate surface area is 165 Å². The quantitative estimate of drug-likeness (QED) is 0.451. The van der Waals surface area contributed by atoms with Crippen LogP contribution in [0.5, 0.6) is 0 Å². The van der Waals surface area contributed by atoms with Crippen LogP contribution in [0, 0.1) is 20.8 Å². The summed E-state index contributed by atoms with van der Waals surface area (Å²) in [7, 11) is 0.